The lowest BCUT2D eigenvalue weighted by molar-refractivity contribution is -0.201. The zero-order chi connectivity index (χ0) is 37.2. The number of amides is 1. The minimum atomic E-state index is -4.50. The molecule has 9 rings (SSSR count). The van der Waals surface area contributed by atoms with Gasteiger partial charge in [-0.05, 0) is 97.5 Å². The van der Waals surface area contributed by atoms with Crippen molar-refractivity contribution in [3.63, 3.8) is 0 Å². The van der Waals surface area contributed by atoms with Gasteiger partial charge in [-0.3, -0.25) is 9.69 Å². The number of hydrogen-bond donors (Lipinski definition) is 1. The van der Waals surface area contributed by atoms with Crippen LogP contribution >= 0.6 is 0 Å². The molecule has 4 aromatic carbocycles. The van der Waals surface area contributed by atoms with Gasteiger partial charge in [0.2, 0.25) is 5.91 Å². The monoisotopic (exact) mass is 734 g/mol. The normalized spacial score (nSPS) is 27.1. The molecule has 3 aliphatic carbocycles. The molecule has 5 atom stereocenters. The summed E-state index contributed by atoms with van der Waals surface area (Å²) in [6.07, 6.45) is 2.67. The third kappa shape index (κ3) is 5.73. The van der Waals surface area contributed by atoms with Crippen molar-refractivity contribution >= 4 is 12.0 Å². The Morgan fingerprint density at radius 2 is 1.70 bits per heavy atom. The molecule has 54 heavy (non-hydrogen) atoms. The lowest BCUT2D eigenvalue weighted by atomic mass is 9.48. The quantitative estimate of drug-likeness (QED) is 0.167. The Morgan fingerprint density at radius 1 is 0.981 bits per heavy atom. The van der Waals surface area contributed by atoms with Gasteiger partial charge in [-0.15, -0.1) is 0 Å². The minimum Gasteiger partial charge on any atom is -0.493 e. The molecule has 0 unspecified atom stereocenters. The summed E-state index contributed by atoms with van der Waals surface area (Å²) < 4.78 is 53.9. The zero-order valence-electron chi connectivity index (χ0n) is 30.3. The number of alkyl halides is 3. The fourth-order valence-corrected chi connectivity index (χ4v) is 10.4. The van der Waals surface area contributed by atoms with Crippen LogP contribution in [-0.4, -0.2) is 71.3 Å². The van der Waals surface area contributed by atoms with E-state index in [0.717, 1.165) is 53.9 Å². The highest BCUT2D eigenvalue weighted by Gasteiger charge is 2.73. The maximum atomic E-state index is 14.8. The number of carbonyl (C=O) groups is 1. The second-order valence-corrected chi connectivity index (χ2v) is 15.9. The molecule has 4 aromatic rings. The summed E-state index contributed by atoms with van der Waals surface area (Å²) in [5.74, 6) is 1.43. The van der Waals surface area contributed by atoms with E-state index in [2.05, 4.69) is 35.2 Å². The topological polar surface area (TPSA) is 62.2 Å². The Labute approximate surface area is 314 Å². The Kier molecular flexibility index (Phi) is 8.65. The van der Waals surface area contributed by atoms with E-state index in [-0.39, 0.29) is 23.4 Å². The summed E-state index contributed by atoms with van der Waals surface area (Å²) in [5.41, 5.74) is 1.94. The molecule has 0 radical (unpaired) electrons. The lowest BCUT2D eigenvalue weighted by Gasteiger charge is -2.65. The van der Waals surface area contributed by atoms with Crippen LogP contribution in [0.2, 0.25) is 0 Å². The molecule has 2 heterocycles. The molecule has 2 bridgehead atoms. The molecule has 2 aliphatic heterocycles. The summed E-state index contributed by atoms with van der Waals surface area (Å²) in [7, 11) is 1.63. The SMILES string of the molecule is COc1ccc2c3c1O[C@H]1[C@@H](N(CC(c4ccccc4)c4ccccc4)C(=O)C=Cc4cccc(C(F)(F)F)c4)CC[C@@]4(O)[C@@H](C2)N(CC2CC2)CC[C@]314. The number of methoxy groups -OCH3 is 1. The molecule has 1 N–H and O–H groups in total. The molecule has 1 amide bonds. The molecule has 2 saturated carbocycles. The number of nitrogens with zero attached hydrogens (tertiary/aromatic N) is 2. The van der Waals surface area contributed by atoms with Crippen molar-refractivity contribution in [3.05, 3.63) is 137 Å². The van der Waals surface area contributed by atoms with Crippen LogP contribution in [0.1, 0.15) is 71.4 Å². The molecule has 280 valence electrons. The molecular formula is C45H45F3N2O4. The number of ether oxygens (including phenoxy) is 2. The Bertz CT molecular complexity index is 2030. The van der Waals surface area contributed by atoms with Crippen LogP contribution in [0.4, 0.5) is 13.2 Å². The van der Waals surface area contributed by atoms with E-state index in [4.69, 9.17) is 9.47 Å². The standard InChI is InChI=1S/C45H45F3N2O4/c1-53-37-19-18-33-26-38-44(52)22-21-36(42-43(44,40(33)41(37)54-42)23-24-49(38)27-30-15-16-30)50(39(51)20-17-29-9-8-14-34(25-29)45(46,47)48)28-35(31-10-4-2-5-11-31)32-12-6-3-7-13-32/h2-14,17-20,25,30,35-36,38,42,52H,15-16,21-24,26-28H2,1H3/t36-,38+,42-,43-,44+/m0/s1. The van der Waals surface area contributed by atoms with Crippen molar-refractivity contribution in [1.29, 1.82) is 0 Å². The highest BCUT2D eigenvalue weighted by atomic mass is 19.4. The average molecular weight is 735 g/mol. The largest absolute Gasteiger partial charge is 0.493 e. The lowest BCUT2D eigenvalue weighted by Crippen LogP contribution is -2.78. The maximum absolute atomic E-state index is 14.8. The van der Waals surface area contributed by atoms with E-state index in [1.54, 1.807) is 13.2 Å². The number of hydrogen-bond acceptors (Lipinski definition) is 5. The fraction of sp³-hybridized carbons (Fsp3) is 0.400. The van der Waals surface area contributed by atoms with Crippen LogP contribution in [0.15, 0.2) is 103 Å². The van der Waals surface area contributed by atoms with Crippen molar-refractivity contribution < 1.29 is 32.5 Å². The summed E-state index contributed by atoms with van der Waals surface area (Å²) in [4.78, 5) is 19.2. The van der Waals surface area contributed by atoms with Crippen LogP contribution in [-0.2, 0) is 22.8 Å². The van der Waals surface area contributed by atoms with E-state index in [9.17, 15) is 23.1 Å². The fourth-order valence-electron chi connectivity index (χ4n) is 10.4. The first-order chi connectivity index (χ1) is 26.1. The molecular weight excluding hydrogens is 689 g/mol. The van der Waals surface area contributed by atoms with Crippen molar-refractivity contribution in [2.75, 3.05) is 26.7 Å². The number of halogens is 3. The van der Waals surface area contributed by atoms with Crippen molar-refractivity contribution in [1.82, 2.24) is 9.80 Å². The molecule has 1 saturated heterocycles. The van der Waals surface area contributed by atoms with Gasteiger partial charge in [0, 0.05) is 36.7 Å². The van der Waals surface area contributed by atoms with Crippen molar-refractivity contribution in [2.45, 2.75) is 79.8 Å². The van der Waals surface area contributed by atoms with Crippen LogP contribution in [0.3, 0.4) is 0 Å². The van der Waals surface area contributed by atoms with Gasteiger partial charge in [0.15, 0.2) is 11.5 Å². The number of likely N-dealkylation sites (tertiary alicyclic amines) is 1. The Hall–Kier alpha value is -4.60. The van der Waals surface area contributed by atoms with E-state index in [0.29, 0.717) is 43.2 Å². The van der Waals surface area contributed by atoms with Crippen LogP contribution in [0.5, 0.6) is 11.5 Å². The molecule has 5 aliphatic rings. The van der Waals surface area contributed by atoms with E-state index < -0.39 is 34.9 Å². The van der Waals surface area contributed by atoms with Gasteiger partial charge < -0.3 is 19.5 Å². The summed E-state index contributed by atoms with van der Waals surface area (Å²) >= 11 is 0. The summed E-state index contributed by atoms with van der Waals surface area (Å²) in [6.45, 7) is 2.11. The second kappa shape index (κ2) is 13.3. The highest BCUT2D eigenvalue weighted by Crippen LogP contribution is 2.66. The van der Waals surface area contributed by atoms with Gasteiger partial charge in [0.1, 0.15) is 6.10 Å². The Balaban J connectivity index is 1.15. The zero-order valence-corrected chi connectivity index (χ0v) is 30.3. The molecule has 3 fully saturated rings. The van der Waals surface area contributed by atoms with Crippen LogP contribution in [0.25, 0.3) is 6.08 Å². The number of piperidine rings is 1. The smallest absolute Gasteiger partial charge is 0.416 e. The van der Waals surface area contributed by atoms with E-state index >= 15 is 0 Å². The number of aliphatic hydroxyl groups is 1. The van der Waals surface area contributed by atoms with Gasteiger partial charge in [0.05, 0.1) is 29.7 Å². The maximum Gasteiger partial charge on any atom is 0.416 e. The number of benzene rings is 4. The molecule has 9 heteroatoms. The minimum absolute atomic E-state index is 0.0721. The van der Waals surface area contributed by atoms with E-state index in [1.165, 1.54) is 31.1 Å². The number of carbonyl (C=O) groups excluding carboxylic acids is 1. The van der Waals surface area contributed by atoms with Gasteiger partial charge in [-0.2, -0.15) is 13.2 Å². The third-order valence-electron chi connectivity index (χ3n) is 13.0. The molecule has 0 aromatic heterocycles. The van der Waals surface area contributed by atoms with Gasteiger partial charge in [-0.1, -0.05) is 78.9 Å². The first-order valence-corrected chi connectivity index (χ1v) is 19.2. The Morgan fingerprint density at radius 3 is 2.37 bits per heavy atom. The van der Waals surface area contributed by atoms with Gasteiger partial charge >= 0.3 is 6.18 Å². The molecule has 1 spiro atoms. The third-order valence-corrected chi connectivity index (χ3v) is 13.0. The van der Waals surface area contributed by atoms with E-state index in [1.807, 2.05) is 47.4 Å². The first kappa shape index (κ1) is 35.1. The first-order valence-electron chi connectivity index (χ1n) is 19.2. The van der Waals surface area contributed by atoms with Crippen molar-refractivity contribution in [3.8, 4) is 11.5 Å². The average Bonchev–Trinajstić information content (AvgIpc) is 3.93. The predicted molar refractivity (Wildman–Crippen MR) is 200 cm³/mol. The summed E-state index contributed by atoms with van der Waals surface area (Å²) in [5, 5.41) is 13.2. The molecule has 6 nitrogen and oxygen atoms in total. The summed E-state index contributed by atoms with van der Waals surface area (Å²) in [6, 6.07) is 28.8. The van der Waals surface area contributed by atoms with Crippen molar-refractivity contribution in [2.24, 2.45) is 5.92 Å². The van der Waals surface area contributed by atoms with Crippen LogP contribution in [0, 0.1) is 5.92 Å². The highest BCUT2D eigenvalue weighted by molar-refractivity contribution is 5.92. The second-order valence-electron chi connectivity index (χ2n) is 15.9. The van der Waals surface area contributed by atoms with Gasteiger partial charge in [0.25, 0.3) is 0 Å². The predicted octanol–water partition coefficient (Wildman–Crippen LogP) is 8.02. The van der Waals surface area contributed by atoms with Crippen LogP contribution < -0.4 is 9.47 Å². The number of rotatable bonds is 10. The van der Waals surface area contributed by atoms with Gasteiger partial charge in [-0.25, -0.2) is 0 Å².